The quantitative estimate of drug-likeness (QED) is 0.273. The van der Waals surface area contributed by atoms with E-state index >= 15 is 0 Å². The summed E-state index contributed by atoms with van der Waals surface area (Å²) in [6, 6.07) is 3.34. The van der Waals surface area contributed by atoms with Crippen molar-refractivity contribution in [3.05, 3.63) is 35.8 Å². The Morgan fingerprint density at radius 3 is 1.39 bits per heavy atom. The number of hydrogen-bond donors (Lipinski definition) is 2. The molecule has 0 unspecified atom stereocenters. The number of rotatable bonds is 8. The van der Waals surface area contributed by atoms with E-state index in [1.165, 1.54) is 40.6 Å². The standard InChI is InChI=1S/C28H28O10/c1-13(29)19-21(31)27(33-3)25-17(9-11-35-25)23(19)37-15-5-7-16(8-6-15)38-24-18-10-12-36-26(18)28(34-4)22(32)20(24)14(2)30/h9-12,15-16,31-32H,5-8H2,1-4H3. The molecule has 0 radical (unpaired) electrons. The molecule has 2 aromatic carbocycles. The number of Topliss-reactive ketones (excluding diaryl/α,β-unsaturated/α-hetero) is 2. The number of ether oxygens (including phenoxy) is 4. The average molecular weight is 525 g/mol. The molecule has 200 valence electrons. The lowest BCUT2D eigenvalue weighted by molar-refractivity contribution is 0.0786. The zero-order valence-corrected chi connectivity index (χ0v) is 21.5. The molecule has 1 aliphatic carbocycles. The van der Waals surface area contributed by atoms with E-state index in [9.17, 15) is 19.8 Å². The van der Waals surface area contributed by atoms with Crippen molar-refractivity contribution in [1.82, 2.24) is 0 Å². The van der Waals surface area contributed by atoms with Crippen LogP contribution in [0.4, 0.5) is 0 Å². The average Bonchev–Trinajstić information content (AvgIpc) is 3.55. The molecule has 5 rings (SSSR count). The maximum atomic E-state index is 12.5. The SMILES string of the molecule is COc1c(O)c(C(C)=O)c(OC2CCC(Oc3c(C(C)=O)c(O)c(OC)c4occc34)CC2)c2ccoc12. The number of carbonyl (C=O) groups excluding carboxylic acids is 2. The zero-order chi connectivity index (χ0) is 27.1. The minimum atomic E-state index is -0.365. The van der Waals surface area contributed by atoms with Gasteiger partial charge in [0.05, 0.1) is 49.7 Å². The van der Waals surface area contributed by atoms with E-state index in [0.29, 0.717) is 47.6 Å². The first-order chi connectivity index (χ1) is 18.3. The number of phenols is 2. The van der Waals surface area contributed by atoms with E-state index in [-0.39, 0.29) is 69.4 Å². The maximum Gasteiger partial charge on any atom is 0.205 e. The van der Waals surface area contributed by atoms with Crippen LogP contribution in [0, 0.1) is 0 Å². The van der Waals surface area contributed by atoms with Gasteiger partial charge in [-0.15, -0.1) is 0 Å². The smallest absolute Gasteiger partial charge is 0.205 e. The fourth-order valence-electron chi connectivity index (χ4n) is 5.13. The molecule has 0 bridgehead atoms. The van der Waals surface area contributed by atoms with E-state index < -0.39 is 0 Å². The van der Waals surface area contributed by atoms with Gasteiger partial charge in [0, 0.05) is 0 Å². The number of furan rings is 2. The summed E-state index contributed by atoms with van der Waals surface area (Å²) < 4.78 is 34.1. The number of methoxy groups -OCH3 is 2. The van der Waals surface area contributed by atoms with Gasteiger partial charge < -0.3 is 38.0 Å². The Bertz CT molecular complexity index is 1420. The molecule has 4 aromatic rings. The Labute approximate surface area is 217 Å². The molecule has 10 heteroatoms. The molecule has 0 amide bonds. The van der Waals surface area contributed by atoms with Crippen LogP contribution in [-0.2, 0) is 0 Å². The highest BCUT2D eigenvalue weighted by Gasteiger charge is 2.32. The number of hydrogen-bond acceptors (Lipinski definition) is 10. The minimum Gasteiger partial charge on any atom is -0.504 e. The Hall–Kier alpha value is -4.34. The molecule has 0 aliphatic heterocycles. The molecule has 2 N–H and O–H groups in total. The summed E-state index contributed by atoms with van der Waals surface area (Å²) in [5, 5.41) is 22.5. The lowest BCUT2D eigenvalue weighted by Gasteiger charge is -2.31. The van der Waals surface area contributed by atoms with Crippen LogP contribution in [0.1, 0.15) is 60.2 Å². The third kappa shape index (κ3) is 4.06. The number of carbonyl (C=O) groups is 2. The normalized spacial score (nSPS) is 17.5. The number of fused-ring (bicyclic) bond motifs is 2. The summed E-state index contributed by atoms with van der Waals surface area (Å²) in [7, 11) is 2.78. The maximum absolute atomic E-state index is 12.5. The summed E-state index contributed by atoms with van der Waals surface area (Å²) in [6.07, 6.45) is 4.71. The van der Waals surface area contributed by atoms with Gasteiger partial charge in [-0.2, -0.15) is 0 Å². The van der Waals surface area contributed by atoms with Gasteiger partial charge in [0.15, 0.2) is 34.2 Å². The molecular formula is C28H28O10. The Balaban J connectivity index is 1.39. The molecule has 2 heterocycles. The molecule has 10 nitrogen and oxygen atoms in total. The number of phenolic OH excluding ortho intramolecular Hbond substituents is 2. The van der Waals surface area contributed by atoms with Crippen molar-refractivity contribution >= 4 is 33.5 Å². The topological polar surface area (TPSA) is 138 Å². The summed E-state index contributed by atoms with van der Waals surface area (Å²) >= 11 is 0. The van der Waals surface area contributed by atoms with Gasteiger partial charge in [-0.05, 0) is 51.7 Å². The first-order valence-corrected chi connectivity index (χ1v) is 12.2. The van der Waals surface area contributed by atoms with Crippen molar-refractivity contribution in [2.45, 2.75) is 51.7 Å². The fraction of sp³-hybridized carbons (Fsp3) is 0.357. The molecule has 0 spiro atoms. The molecule has 1 saturated carbocycles. The first-order valence-electron chi connectivity index (χ1n) is 12.2. The first kappa shape index (κ1) is 25.3. The van der Waals surface area contributed by atoms with Crippen molar-refractivity contribution in [1.29, 1.82) is 0 Å². The van der Waals surface area contributed by atoms with E-state index in [1.807, 2.05) is 0 Å². The lowest BCUT2D eigenvalue weighted by Crippen LogP contribution is -2.30. The van der Waals surface area contributed by atoms with Crippen LogP contribution in [0.5, 0.6) is 34.5 Å². The summed E-state index contributed by atoms with van der Waals surface area (Å²) in [5.41, 5.74) is 0.664. The monoisotopic (exact) mass is 524 g/mol. The summed E-state index contributed by atoms with van der Waals surface area (Å²) in [4.78, 5) is 24.9. The van der Waals surface area contributed by atoms with Crippen LogP contribution < -0.4 is 18.9 Å². The van der Waals surface area contributed by atoms with Gasteiger partial charge in [0.2, 0.25) is 11.5 Å². The number of aromatic hydroxyl groups is 2. The summed E-state index contributed by atoms with van der Waals surface area (Å²) in [5.74, 6) is -0.717. The second kappa shape index (κ2) is 9.85. The van der Waals surface area contributed by atoms with Crippen LogP contribution in [0.15, 0.2) is 33.5 Å². The van der Waals surface area contributed by atoms with E-state index in [0.717, 1.165) is 0 Å². The van der Waals surface area contributed by atoms with Crippen LogP contribution in [-0.4, -0.2) is 48.2 Å². The fourth-order valence-corrected chi connectivity index (χ4v) is 5.13. The third-order valence-corrected chi connectivity index (χ3v) is 6.89. The highest BCUT2D eigenvalue weighted by atomic mass is 16.5. The Morgan fingerprint density at radius 1 is 0.711 bits per heavy atom. The lowest BCUT2D eigenvalue weighted by atomic mass is 9.94. The third-order valence-electron chi connectivity index (χ3n) is 6.89. The predicted molar refractivity (Wildman–Crippen MR) is 136 cm³/mol. The molecule has 0 saturated heterocycles. The van der Waals surface area contributed by atoms with E-state index in [4.69, 9.17) is 27.8 Å². The Kier molecular flexibility index (Phi) is 6.56. The Morgan fingerprint density at radius 2 is 1.08 bits per heavy atom. The van der Waals surface area contributed by atoms with Crippen molar-refractivity contribution in [3.63, 3.8) is 0 Å². The van der Waals surface area contributed by atoms with Crippen LogP contribution in [0.25, 0.3) is 21.9 Å². The molecule has 1 fully saturated rings. The van der Waals surface area contributed by atoms with E-state index in [2.05, 4.69) is 0 Å². The number of ketones is 2. The van der Waals surface area contributed by atoms with Crippen molar-refractivity contribution in [3.8, 4) is 34.5 Å². The highest BCUT2D eigenvalue weighted by Crippen LogP contribution is 2.48. The van der Waals surface area contributed by atoms with Gasteiger partial charge in [0.25, 0.3) is 0 Å². The van der Waals surface area contributed by atoms with Crippen molar-refractivity contribution in [2.24, 2.45) is 0 Å². The molecule has 0 atom stereocenters. The minimum absolute atomic E-state index is 0.0382. The largest absolute Gasteiger partial charge is 0.504 e. The van der Waals surface area contributed by atoms with Crippen LogP contribution >= 0.6 is 0 Å². The van der Waals surface area contributed by atoms with Crippen LogP contribution in [0.2, 0.25) is 0 Å². The predicted octanol–water partition coefficient (Wildman–Crippen LogP) is 5.78. The zero-order valence-electron chi connectivity index (χ0n) is 21.5. The highest BCUT2D eigenvalue weighted by molar-refractivity contribution is 6.09. The number of benzene rings is 2. The van der Waals surface area contributed by atoms with Gasteiger partial charge in [-0.25, -0.2) is 0 Å². The second-order valence-corrected chi connectivity index (χ2v) is 9.25. The summed E-state index contributed by atoms with van der Waals surface area (Å²) in [6.45, 7) is 2.71. The van der Waals surface area contributed by atoms with Gasteiger partial charge >= 0.3 is 0 Å². The van der Waals surface area contributed by atoms with Gasteiger partial charge in [-0.3, -0.25) is 9.59 Å². The molecule has 1 aliphatic rings. The van der Waals surface area contributed by atoms with Crippen molar-refractivity contribution < 1.29 is 47.6 Å². The molecule has 2 aromatic heterocycles. The van der Waals surface area contributed by atoms with Gasteiger partial charge in [-0.1, -0.05) is 0 Å². The second-order valence-electron chi connectivity index (χ2n) is 9.25. The van der Waals surface area contributed by atoms with E-state index in [1.54, 1.807) is 12.1 Å². The van der Waals surface area contributed by atoms with Crippen molar-refractivity contribution in [2.75, 3.05) is 14.2 Å². The molecular weight excluding hydrogens is 496 g/mol. The molecule has 38 heavy (non-hydrogen) atoms. The van der Waals surface area contributed by atoms with Gasteiger partial charge in [0.1, 0.15) is 22.6 Å². The van der Waals surface area contributed by atoms with Crippen LogP contribution in [0.3, 0.4) is 0 Å².